The van der Waals surface area contributed by atoms with Crippen molar-refractivity contribution in [2.75, 3.05) is 0 Å². The van der Waals surface area contributed by atoms with Gasteiger partial charge in [0.15, 0.2) is 17.3 Å². The number of carbonyl (C=O) groups is 5. The van der Waals surface area contributed by atoms with E-state index in [1.807, 2.05) is 0 Å². The molecule has 0 saturated carbocycles. The molecule has 0 bridgehead atoms. The van der Waals surface area contributed by atoms with Gasteiger partial charge in [-0.25, -0.2) is 4.79 Å². The molecule has 1 aliphatic carbocycles. The van der Waals surface area contributed by atoms with Crippen molar-refractivity contribution in [2.45, 2.75) is 13.8 Å². The van der Waals surface area contributed by atoms with Gasteiger partial charge < -0.3 is 15.3 Å². The van der Waals surface area contributed by atoms with Crippen molar-refractivity contribution in [3.05, 3.63) is 58.1 Å². The number of hydrogen-bond acceptors (Lipinski definition) is 7. The molecule has 0 spiro atoms. The molecule has 2 aromatic carbocycles. The Hall–Kier alpha value is -2.17. The number of aromatic carboxylic acids is 1. The number of carbonyl (C=O) groups excluding carboxylic acids is 4. The predicted octanol–water partition coefficient (Wildman–Crippen LogP) is 1.09. The number of ketones is 4. The maximum atomic E-state index is 12.4. The van der Waals surface area contributed by atoms with E-state index in [1.54, 1.807) is 0 Å². The molecule has 1 aliphatic rings. The fourth-order valence-corrected chi connectivity index (χ4v) is 2.41. The van der Waals surface area contributed by atoms with E-state index in [9.17, 15) is 34.2 Å². The second-order valence-corrected chi connectivity index (χ2v) is 5.69. The number of phenols is 2. The zero-order chi connectivity index (χ0) is 20.5. The van der Waals surface area contributed by atoms with Crippen molar-refractivity contribution in [1.82, 2.24) is 0 Å². The molecule has 28 heavy (non-hydrogen) atoms. The number of benzene rings is 2. The molecular weight excluding hydrogens is 395 g/mol. The van der Waals surface area contributed by atoms with E-state index in [4.69, 9.17) is 5.11 Å². The van der Waals surface area contributed by atoms with Crippen LogP contribution in [0.3, 0.4) is 0 Å². The molecule has 0 atom stereocenters. The average Bonchev–Trinajstić information content (AvgIpc) is 2.59. The Balaban J connectivity index is 0.000000492. The van der Waals surface area contributed by atoms with Crippen LogP contribution in [0.2, 0.25) is 0 Å². The average molecular weight is 410 g/mol. The summed E-state index contributed by atoms with van der Waals surface area (Å²) in [6.45, 7) is 2.50. The van der Waals surface area contributed by atoms with Crippen molar-refractivity contribution in [3.8, 4) is 11.5 Å². The van der Waals surface area contributed by atoms with Crippen molar-refractivity contribution in [3.63, 3.8) is 0 Å². The monoisotopic (exact) mass is 410 g/mol. The summed E-state index contributed by atoms with van der Waals surface area (Å²) in [6, 6.07) is 5.98. The minimum atomic E-state index is -1.32. The first-order valence-electron chi connectivity index (χ1n) is 7.59. The molecule has 0 radical (unpaired) electrons. The van der Waals surface area contributed by atoms with Crippen molar-refractivity contribution in [2.24, 2.45) is 0 Å². The van der Waals surface area contributed by atoms with Crippen LogP contribution in [0.5, 0.6) is 11.5 Å². The number of phenolic OH excluding ortho intramolecular Hbond substituents is 2. The Kier molecular flexibility index (Phi) is 7.97. The van der Waals surface area contributed by atoms with Gasteiger partial charge in [-0.15, -0.1) is 0 Å². The van der Waals surface area contributed by atoms with Gasteiger partial charge in [0.2, 0.25) is 5.78 Å². The molecule has 8 nitrogen and oxygen atoms in total. The summed E-state index contributed by atoms with van der Waals surface area (Å²) in [5.41, 5.74) is -0.978. The normalized spacial score (nSPS) is 11.2. The molecule has 0 saturated heterocycles. The number of carboxylic acids is 1. The van der Waals surface area contributed by atoms with Crippen LogP contribution in [0.15, 0.2) is 30.3 Å². The number of Topliss-reactive ketones (excluding diaryl/α,β-unsaturated/α-hetero) is 2. The van der Waals surface area contributed by atoms with E-state index < -0.39 is 23.3 Å². The standard InChI is InChI=1S/C15H8O6.C4H6O2.K.H/c16-9-3-1-2-7-11(9)14(19)12-8(13(7)18)4-6(15(20)21)5-10(12)17;1-3(5)4(2)6;;/h1-5,16-17H,(H,20,21);1-2H3;;. The van der Waals surface area contributed by atoms with E-state index in [-0.39, 0.29) is 96.5 Å². The number of rotatable bonds is 2. The van der Waals surface area contributed by atoms with Gasteiger partial charge >= 0.3 is 57.4 Å². The molecule has 3 rings (SSSR count). The Morgan fingerprint density at radius 1 is 0.786 bits per heavy atom. The molecule has 0 aromatic heterocycles. The van der Waals surface area contributed by atoms with E-state index in [2.05, 4.69) is 0 Å². The molecule has 0 unspecified atom stereocenters. The fourth-order valence-electron chi connectivity index (χ4n) is 2.41. The van der Waals surface area contributed by atoms with Gasteiger partial charge in [0.25, 0.3) is 0 Å². The Labute approximate surface area is 201 Å². The fraction of sp³-hybridized carbons (Fsp3) is 0.105. The topological polar surface area (TPSA) is 146 Å². The third-order valence-corrected chi connectivity index (χ3v) is 3.85. The van der Waals surface area contributed by atoms with Crippen LogP contribution in [0.4, 0.5) is 0 Å². The van der Waals surface area contributed by atoms with Crippen LogP contribution in [-0.4, -0.2) is 95.8 Å². The zero-order valence-corrected chi connectivity index (χ0v) is 14.3. The number of aromatic hydroxyl groups is 2. The van der Waals surface area contributed by atoms with Gasteiger partial charge in [-0.05, 0) is 18.2 Å². The molecule has 0 heterocycles. The summed E-state index contributed by atoms with van der Waals surface area (Å²) in [4.78, 5) is 55.3. The summed E-state index contributed by atoms with van der Waals surface area (Å²) in [7, 11) is 0. The predicted molar refractivity (Wildman–Crippen MR) is 98.5 cm³/mol. The first-order valence-corrected chi connectivity index (χ1v) is 7.59. The van der Waals surface area contributed by atoms with Gasteiger partial charge in [0, 0.05) is 25.0 Å². The Bertz CT molecular complexity index is 1010. The summed E-state index contributed by atoms with van der Waals surface area (Å²) in [5.74, 6) is -4.38. The molecule has 140 valence electrons. The second kappa shape index (κ2) is 9.35. The zero-order valence-electron chi connectivity index (χ0n) is 14.3. The quantitative estimate of drug-likeness (QED) is 0.420. The van der Waals surface area contributed by atoms with E-state index in [0.717, 1.165) is 12.1 Å². The van der Waals surface area contributed by atoms with Crippen LogP contribution in [0, 0.1) is 0 Å². The van der Waals surface area contributed by atoms with Crippen LogP contribution >= 0.6 is 0 Å². The first kappa shape index (κ1) is 23.9. The van der Waals surface area contributed by atoms with Gasteiger partial charge in [-0.1, -0.05) is 12.1 Å². The molecule has 3 N–H and O–H groups in total. The van der Waals surface area contributed by atoms with Crippen molar-refractivity contribution >= 4 is 80.5 Å². The minimum absolute atomic E-state index is 0. The third-order valence-electron chi connectivity index (χ3n) is 3.85. The molecular formula is C19H15KO8. The molecule has 2 aromatic rings. The van der Waals surface area contributed by atoms with Crippen LogP contribution in [-0.2, 0) is 9.59 Å². The first-order chi connectivity index (χ1) is 12.6. The SMILES string of the molecule is CC(=O)C(C)=O.O=C(O)c1cc(O)c2c(c1)C(=O)c1cccc(O)c1C2=O.[KH]. The van der Waals surface area contributed by atoms with Crippen molar-refractivity contribution < 1.29 is 39.3 Å². The Morgan fingerprint density at radius 2 is 1.32 bits per heavy atom. The van der Waals surface area contributed by atoms with Gasteiger partial charge in [-0.2, -0.15) is 0 Å². The molecule has 0 aliphatic heterocycles. The van der Waals surface area contributed by atoms with Crippen LogP contribution in [0.1, 0.15) is 56.0 Å². The van der Waals surface area contributed by atoms with E-state index in [1.165, 1.54) is 32.0 Å². The summed E-state index contributed by atoms with van der Waals surface area (Å²) >= 11 is 0. The summed E-state index contributed by atoms with van der Waals surface area (Å²) < 4.78 is 0. The Morgan fingerprint density at radius 3 is 1.82 bits per heavy atom. The van der Waals surface area contributed by atoms with Gasteiger partial charge in [-0.3, -0.25) is 19.2 Å². The number of fused-ring (bicyclic) bond motifs is 2. The van der Waals surface area contributed by atoms with Crippen molar-refractivity contribution in [1.29, 1.82) is 0 Å². The second-order valence-electron chi connectivity index (χ2n) is 5.69. The van der Waals surface area contributed by atoms with Gasteiger partial charge in [0.05, 0.1) is 16.7 Å². The summed E-state index contributed by atoms with van der Waals surface area (Å²) in [6.07, 6.45) is 0. The number of carboxylic acid groups (broad SMARTS) is 1. The molecule has 9 heteroatoms. The van der Waals surface area contributed by atoms with E-state index >= 15 is 0 Å². The van der Waals surface area contributed by atoms with Crippen LogP contribution in [0.25, 0.3) is 0 Å². The maximum absolute atomic E-state index is 12.4. The van der Waals surface area contributed by atoms with Crippen LogP contribution < -0.4 is 0 Å². The number of hydrogen-bond donors (Lipinski definition) is 3. The van der Waals surface area contributed by atoms with Gasteiger partial charge in [0.1, 0.15) is 11.5 Å². The van der Waals surface area contributed by atoms with E-state index in [0.29, 0.717) is 0 Å². The third kappa shape index (κ3) is 4.62. The summed E-state index contributed by atoms with van der Waals surface area (Å²) in [5, 5.41) is 28.6. The molecule has 0 amide bonds. The molecule has 0 fully saturated rings.